The van der Waals surface area contributed by atoms with Crippen molar-refractivity contribution in [2.75, 3.05) is 12.0 Å². The monoisotopic (exact) mass is 917 g/mol. The van der Waals surface area contributed by atoms with Crippen LogP contribution in [-0.2, 0) is 40.0 Å². The minimum absolute atomic E-state index is 0.0380. The molecule has 1 fully saturated rings. The van der Waals surface area contributed by atoms with Gasteiger partial charge in [0.15, 0.2) is 0 Å². The highest BCUT2D eigenvalue weighted by Gasteiger charge is 2.34. The number of carboxylic acid groups (broad SMARTS) is 1. The summed E-state index contributed by atoms with van der Waals surface area (Å²) < 4.78 is 0. The minimum Gasteiger partial charge on any atom is -0.480 e. The number of aliphatic carboxylic acids is 1. The van der Waals surface area contributed by atoms with Gasteiger partial charge < -0.3 is 42.5 Å². The van der Waals surface area contributed by atoms with E-state index >= 15 is 0 Å². The predicted molar refractivity (Wildman–Crippen MR) is 252 cm³/mol. The molecule has 0 aliphatic heterocycles. The summed E-state index contributed by atoms with van der Waals surface area (Å²) in [6.07, 6.45) is 18.5. The van der Waals surface area contributed by atoms with E-state index in [1.807, 2.05) is 50.4 Å². The standard InChI is InChI=1S/C48H80N6O9S/c1-33(2)31-38(46(60)54-43(44(49)58)36-25-19-16-20-26-36)51-47(61)42(34(3)55)53-41(57)28-22-14-12-10-8-6-5-7-9-11-13-21-27-40(56)50-37(29-30-64-4)45(59)52-39(48(62)63)32-35-23-17-15-18-24-35/h15,17-18,23-24,33-34,36-39,42-43,55H,5-14,16,19-22,25-32H2,1-4H3,(H2,49,58)(H,50,56)(H,51,61)(H,52,59)(H,53,57)(H,54,60)(H,62,63)/t34?,37-,38-,39-,42-,43-/m0/s1. The molecule has 0 bridgehead atoms. The van der Waals surface area contributed by atoms with Crippen molar-refractivity contribution < 1.29 is 43.8 Å². The lowest BCUT2D eigenvalue weighted by Crippen LogP contribution is -2.59. The lowest BCUT2D eigenvalue weighted by atomic mass is 9.83. The molecular weight excluding hydrogens is 837 g/mol. The van der Waals surface area contributed by atoms with Gasteiger partial charge in [-0.2, -0.15) is 11.8 Å². The van der Waals surface area contributed by atoms with Crippen LogP contribution in [0.15, 0.2) is 30.3 Å². The number of thioether (sulfide) groups is 1. The highest BCUT2D eigenvalue weighted by atomic mass is 32.2. The van der Waals surface area contributed by atoms with Gasteiger partial charge in [0.05, 0.1) is 6.10 Å². The van der Waals surface area contributed by atoms with Crippen molar-refractivity contribution in [3.05, 3.63) is 35.9 Å². The first-order valence-corrected chi connectivity index (χ1v) is 25.2. The van der Waals surface area contributed by atoms with Crippen LogP contribution in [0.3, 0.4) is 0 Å². The molecule has 1 aliphatic rings. The van der Waals surface area contributed by atoms with Gasteiger partial charge in [0.1, 0.15) is 30.2 Å². The molecular formula is C48H80N6O9S. The van der Waals surface area contributed by atoms with Crippen LogP contribution in [0.5, 0.6) is 0 Å². The third kappa shape index (κ3) is 23.7. The van der Waals surface area contributed by atoms with Crippen molar-refractivity contribution in [3.63, 3.8) is 0 Å². The van der Waals surface area contributed by atoms with E-state index in [0.29, 0.717) is 31.4 Å². The molecule has 6 amide bonds. The first-order chi connectivity index (χ1) is 30.6. The van der Waals surface area contributed by atoms with Crippen molar-refractivity contribution in [2.45, 2.75) is 198 Å². The Balaban J connectivity index is 1.60. The molecule has 1 unspecified atom stereocenters. The number of carbonyl (C=O) groups excluding carboxylic acids is 6. The number of aliphatic hydroxyl groups is 1. The van der Waals surface area contributed by atoms with E-state index in [-0.39, 0.29) is 36.5 Å². The number of primary amides is 1. The van der Waals surface area contributed by atoms with Crippen LogP contribution in [0.25, 0.3) is 0 Å². The average Bonchev–Trinajstić information content (AvgIpc) is 3.25. The molecule has 1 aromatic rings. The lowest BCUT2D eigenvalue weighted by Gasteiger charge is -2.31. The van der Waals surface area contributed by atoms with Crippen LogP contribution in [0.2, 0.25) is 0 Å². The summed E-state index contributed by atoms with van der Waals surface area (Å²) in [6.45, 7) is 5.24. The van der Waals surface area contributed by atoms with E-state index in [2.05, 4.69) is 26.6 Å². The molecule has 362 valence electrons. The van der Waals surface area contributed by atoms with Crippen molar-refractivity contribution in [2.24, 2.45) is 17.6 Å². The van der Waals surface area contributed by atoms with Gasteiger partial charge in [0.25, 0.3) is 0 Å². The molecule has 15 nitrogen and oxygen atoms in total. The Morgan fingerprint density at radius 1 is 0.656 bits per heavy atom. The number of benzene rings is 1. The molecule has 0 radical (unpaired) electrons. The molecule has 2 rings (SSSR count). The normalized spacial score (nSPS) is 15.8. The Hall–Kier alpha value is -4.18. The number of rotatable bonds is 34. The largest absolute Gasteiger partial charge is 0.480 e. The molecule has 0 heterocycles. The molecule has 1 aliphatic carbocycles. The molecule has 9 N–H and O–H groups in total. The van der Waals surface area contributed by atoms with E-state index in [9.17, 15) is 43.8 Å². The molecule has 16 heteroatoms. The van der Waals surface area contributed by atoms with Crippen LogP contribution < -0.4 is 32.3 Å². The third-order valence-corrected chi connectivity index (χ3v) is 12.5. The summed E-state index contributed by atoms with van der Waals surface area (Å²) in [4.78, 5) is 89.4. The molecule has 6 atom stereocenters. The SMILES string of the molecule is CSCC[C@H](NC(=O)CCCCCCCCCCCCCCC(=O)N[C@H](C(=O)N[C@@H](CC(C)C)C(=O)N[C@H](C(N)=O)C1CCCCC1)C(C)O)C(=O)N[C@@H](Cc1ccccc1)C(=O)O. The van der Waals surface area contributed by atoms with Gasteiger partial charge in [-0.05, 0) is 74.9 Å². The number of carboxylic acids is 1. The Labute approximate surface area is 386 Å². The maximum atomic E-state index is 13.4. The van der Waals surface area contributed by atoms with Gasteiger partial charge in [-0.15, -0.1) is 0 Å². The Bertz CT molecular complexity index is 1560. The number of nitrogens with one attached hydrogen (secondary N) is 5. The van der Waals surface area contributed by atoms with Crippen molar-refractivity contribution in [3.8, 4) is 0 Å². The zero-order valence-corrected chi connectivity index (χ0v) is 39.8. The summed E-state index contributed by atoms with van der Waals surface area (Å²) >= 11 is 1.56. The summed E-state index contributed by atoms with van der Waals surface area (Å²) in [6, 6.07) is 4.20. The maximum Gasteiger partial charge on any atom is 0.326 e. The number of hydrogen-bond acceptors (Lipinski definition) is 9. The number of carbonyl (C=O) groups is 7. The fourth-order valence-electron chi connectivity index (χ4n) is 8.19. The second-order valence-electron chi connectivity index (χ2n) is 18.0. The van der Waals surface area contributed by atoms with E-state index < -0.39 is 65.9 Å². The molecule has 1 aromatic carbocycles. The lowest BCUT2D eigenvalue weighted by molar-refractivity contribution is -0.142. The summed E-state index contributed by atoms with van der Waals surface area (Å²) in [7, 11) is 0. The molecule has 0 spiro atoms. The minimum atomic E-state index is -1.24. The molecule has 1 saturated carbocycles. The zero-order chi connectivity index (χ0) is 47.3. The van der Waals surface area contributed by atoms with E-state index in [1.54, 1.807) is 11.8 Å². The van der Waals surface area contributed by atoms with Crippen LogP contribution in [0, 0.1) is 11.8 Å². The van der Waals surface area contributed by atoms with Crippen LogP contribution in [0.1, 0.15) is 161 Å². The Kier molecular flexibility index (Phi) is 28.4. The van der Waals surface area contributed by atoms with Crippen LogP contribution >= 0.6 is 11.8 Å². The van der Waals surface area contributed by atoms with Gasteiger partial charge in [-0.25, -0.2) is 4.79 Å². The Morgan fingerprint density at radius 2 is 1.16 bits per heavy atom. The maximum absolute atomic E-state index is 13.4. The number of hydrogen-bond donors (Lipinski definition) is 8. The second kappa shape index (κ2) is 32.5. The molecule has 0 aromatic heterocycles. The second-order valence-corrected chi connectivity index (χ2v) is 19.0. The number of aliphatic hydroxyl groups excluding tert-OH is 1. The van der Waals surface area contributed by atoms with Crippen LogP contribution in [0.4, 0.5) is 0 Å². The van der Waals surface area contributed by atoms with Crippen molar-refractivity contribution in [1.29, 1.82) is 0 Å². The third-order valence-electron chi connectivity index (χ3n) is 11.9. The quantitative estimate of drug-likeness (QED) is 0.0407. The highest BCUT2D eigenvalue weighted by Crippen LogP contribution is 2.27. The smallest absolute Gasteiger partial charge is 0.326 e. The number of nitrogens with two attached hydrogens (primary N) is 1. The van der Waals surface area contributed by atoms with E-state index in [4.69, 9.17) is 5.73 Å². The summed E-state index contributed by atoms with van der Waals surface area (Å²) in [5.74, 6) is -3.28. The topological polar surface area (TPSA) is 246 Å². The fourth-order valence-corrected chi connectivity index (χ4v) is 8.66. The first-order valence-electron chi connectivity index (χ1n) is 23.9. The van der Waals surface area contributed by atoms with Gasteiger partial charge >= 0.3 is 5.97 Å². The number of amides is 6. The summed E-state index contributed by atoms with van der Waals surface area (Å²) in [5, 5.41) is 33.7. The van der Waals surface area contributed by atoms with Crippen molar-refractivity contribution >= 4 is 53.2 Å². The van der Waals surface area contributed by atoms with Crippen LogP contribution in [-0.4, -0.2) is 99.9 Å². The molecule has 64 heavy (non-hydrogen) atoms. The van der Waals surface area contributed by atoms with Gasteiger partial charge in [-0.3, -0.25) is 28.8 Å². The first kappa shape index (κ1) is 56.0. The van der Waals surface area contributed by atoms with Gasteiger partial charge in [0.2, 0.25) is 35.4 Å². The predicted octanol–water partition coefficient (Wildman–Crippen LogP) is 5.44. The fraction of sp³-hybridized carbons (Fsp3) is 0.729. The van der Waals surface area contributed by atoms with E-state index in [0.717, 1.165) is 108 Å². The summed E-state index contributed by atoms with van der Waals surface area (Å²) in [5.41, 5.74) is 6.47. The highest BCUT2D eigenvalue weighted by molar-refractivity contribution is 7.98. The molecule has 0 saturated heterocycles. The number of unbranched alkanes of at least 4 members (excludes halogenated alkanes) is 11. The van der Waals surface area contributed by atoms with E-state index in [1.165, 1.54) is 6.92 Å². The zero-order valence-electron chi connectivity index (χ0n) is 39.0. The Morgan fingerprint density at radius 3 is 1.64 bits per heavy atom. The van der Waals surface area contributed by atoms with Crippen molar-refractivity contribution in [1.82, 2.24) is 26.6 Å². The average molecular weight is 917 g/mol. The van der Waals surface area contributed by atoms with Gasteiger partial charge in [-0.1, -0.05) is 128 Å². The van der Waals surface area contributed by atoms with Gasteiger partial charge in [0, 0.05) is 19.3 Å².